The molecule has 0 bridgehead atoms. The number of para-hydroxylation sites is 1. The first kappa shape index (κ1) is 56.0. The number of H-pyrrole nitrogens is 2. The Bertz CT molecular complexity index is 2580. The lowest BCUT2D eigenvalue weighted by molar-refractivity contribution is -0.136. The molecule has 0 radical (unpaired) electrons. The molecule has 0 unspecified atom stereocenters. The SMILES string of the molecule is CC(=O)N[C@@H](CCCN=C(N)N)C(=O)N[C@H]1CC(=O)NCCCC[C@@H](C(N)=O)NC(=O)[C@H](Cc2c[nH]c3ccccc23)CC(=O)[C@H](C(C)C)CC(=O)[C@@H](Cc2ccccc2)NC(=O)[C@H](Cc2cnc[nH]2)NC1=O. The molecule has 2 aromatic carbocycles. The van der Waals surface area contributed by atoms with Gasteiger partial charge in [-0.3, -0.25) is 48.1 Å². The number of aromatic amines is 2. The van der Waals surface area contributed by atoms with E-state index in [-0.39, 0.29) is 76.2 Å². The van der Waals surface area contributed by atoms with Gasteiger partial charge in [-0.1, -0.05) is 62.4 Å². The average Bonchev–Trinajstić information content (AvgIpc) is 4.02. The quantitative estimate of drug-likeness (QED) is 0.0438. The molecule has 0 saturated carbocycles. The number of fused-ring (bicyclic) bond motifs is 1. The highest BCUT2D eigenvalue weighted by atomic mass is 16.2. The topological polar surface area (TPSA) is 361 Å². The summed E-state index contributed by atoms with van der Waals surface area (Å²) in [4.78, 5) is 139. The Morgan fingerprint density at radius 3 is 2.21 bits per heavy atom. The highest BCUT2D eigenvalue weighted by Gasteiger charge is 2.36. The number of guanidine groups is 1. The van der Waals surface area contributed by atoms with Crippen molar-refractivity contribution in [1.29, 1.82) is 0 Å². The molecule has 1 fully saturated rings. The summed E-state index contributed by atoms with van der Waals surface area (Å²) in [5.41, 5.74) is 19.4. The number of rotatable bonds is 15. The van der Waals surface area contributed by atoms with Crippen LogP contribution in [0.2, 0.25) is 0 Å². The summed E-state index contributed by atoms with van der Waals surface area (Å²) < 4.78 is 0. The average molecular weight is 1010 g/mol. The zero-order chi connectivity index (χ0) is 53.0. The largest absolute Gasteiger partial charge is 0.370 e. The van der Waals surface area contributed by atoms with E-state index in [1.54, 1.807) is 50.4 Å². The van der Waals surface area contributed by atoms with E-state index in [1.807, 2.05) is 24.3 Å². The van der Waals surface area contributed by atoms with E-state index in [2.05, 4.69) is 51.8 Å². The molecule has 3 heterocycles. The molecular formula is C51H69N13O9. The van der Waals surface area contributed by atoms with Crippen molar-refractivity contribution < 1.29 is 43.2 Å². The number of hydrogen-bond acceptors (Lipinski definition) is 11. The first-order chi connectivity index (χ1) is 34.9. The number of nitrogens with one attached hydrogen (secondary N) is 8. The maximum Gasteiger partial charge on any atom is 0.243 e. The van der Waals surface area contributed by atoms with Crippen molar-refractivity contribution in [1.82, 2.24) is 46.9 Å². The molecule has 1 saturated heterocycles. The van der Waals surface area contributed by atoms with Gasteiger partial charge in [0.15, 0.2) is 11.7 Å². The number of hydrogen-bond donors (Lipinski definition) is 11. The van der Waals surface area contributed by atoms with Crippen molar-refractivity contribution in [3.63, 3.8) is 0 Å². The monoisotopic (exact) mass is 1010 g/mol. The van der Waals surface area contributed by atoms with Gasteiger partial charge in [-0.25, -0.2) is 4.98 Å². The van der Waals surface area contributed by atoms with Gasteiger partial charge in [-0.05, 0) is 68.1 Å². The fraction of sp³-hybridized carbons (Fsp3) is 0.471. The van der Waals surface area contributed by atoms with Gasteiger partial charge in [-0.15, -0.1) is 0 Å². The first-order valence-electron chi connectivity index (χ1n) is 24.6. The molecule has 73 heavy (non-hydrogen) atoms. The highest BCUT2D eigenvalue weighted by molar-refractivity contribution is 5.99. The van der Waals surface area contributed by atoms with Gasteiger partial charge in [0.25, 0.3) is 0 Å². The number of ketones is 2. The van der Waals surface area contributed by atoms with Crippen LogP contribution in [0.4, 0.5) is 0 Å². The van der Waals surface area contributed by atoms with Crippen LogP contribution in [0.15, 0.2) is 78.3 Å². The Kier molecular flexibility index (Phi) is 21.2. The van der Waals surface area contributed by atoms with Crippen LogP contribution in [-0.4, -0.2) is 117 Å². The third-order valence-electron chi connectivity index (χ3n) is 12.8. The summed E-state index contributed by atoms with van der Waals surface area (Å²) in [6.45, 7) is 4.97. The number of aliphatic imine (C=N–C) groups is 1. The second kappa shape index (κ2) is 27.6. The standard InChI is InChI=1S/C51H69N13O9/c1-29(2)36-24-44(67)40(20-31-12-5-4-6-13-31)62-49(72)41(23-34-27-55-28-59-34)63-50(73)42(64-48(71)39(60-30(3)65)17-11-19-57-51(53)54)25-45(68)56-18-10-9-16-38(46(52)69)61-47(70)32(22-43(36)66)21-33-26-58-37-15-8-7-14-35(33)37/h4-8,12-15,26-29,32,36,38-42,58H,9-11,16-25H2,1-3H3,(H2,52,69)(H,55,59)(H,56,68)(H,60,65)(H,61,70)(H,62,72)(H,63,73)(H,64,71)(H4,53,54,57)/t32-,36+,38+,39+,40-,41+,42+/m1/s1. The van der Waals surface area contributed by atoms with Crippen LogP contribution < -0.4 is 49.1 Å². The number of imidazole rings is 1. The Labute approximate surface area is 423 Å². The summed E-state index contributed by atoms with van der Waals surface area (Å²) in [5, 5.41) is 17.0. The number of amides is 7. The maximum absolute atomic E-state index is 14.7. The van der Waals surface area contributed by atoms with Crippen molar-refractivity contribution in [2.75, 3.05) is 13.1 Å². The minimum Gasteiger partial charge on any atom is -0.370 e. The minimum atomic E-state index is -1.61. The third kappa shape index (κ3) is 17.7. The second-order valence-electron chi connectivity index (χ2n) is 18.8. The number of carbonyl (C=O) groups is 9. The maximum atomic E-state index is 14.7. The minimum absolute atomic E-state index is 0.00180. The Morgan fingerprint density at radius 2 is 1.52 bits per heavy atom. The third-order valence-corrected chi connectivity index (χ3v) is 12.8. The number of nitrogens with zero attached hydrogens (tertiary/aromatic N) is 2. The smallest absolute Gasteiger partial charge is 0.243 e. The van der Waals surface area contributed by atoms with Gasteiger partial charge < -0.3 is 59.1 Å². The van der Waals surface area contributed by atoms with Crippen LogP contribution in [0.5, 0.6) is 0 Å². The molecule has 22 nitrogen and oxygen atoms in total. The summed E-state index contributed by atoms with van der Waals surface area (Å²) >= 11 is 0. The lowest BCUT2D eigenvalue weighted by Crippen LogP contribution is -2.59. The van der Waals surface area contributed by atoms with Gasteiger partial charge in [-0.2, -0.15) is 0 Å². The molecule has 2 aromatic heterocycles. The van der Waals surface area contributed by atoms with E-state index >= 15 is 0 Å². The number of primary amides is 1. The molecule has 22 heteroatoms. The fourth-order valence-corrected chi connectivity index (χ4v) is 8.80. The molecule has 4 aromatic rings. The van der Waals surface area contributed by atoms with Crippen molar-refractivity contribution in [2.45, 2.75) is 122 Å². The van der Waals surface area contributed by atoms with Crippen LogP contribution in [0.3, 0.4) is 0 Å². The lowest BCUT2D eigenvalue weighted by Gasteiger charge is -2.27. The van der Waals surface area contributed by atoms with E-state index < -0.39 is 102 Å². The van der Waals surface area contributed by atoms with E-state index in [4.69, 9.17) is 17.2 Å². The van der Waals surface area contributed by atoms with Crippen LogP contribution in [-0.2, 0) is 62.4 Å². The molecule has 1 aliphatic heterocycles. The predicted molar refractivity (Wildman–Crippen MR) is 271 cm³/mol. The fourth-order valence-electron chi connectivity index (χ4n) is 8.80. The van der Waals surface area contributed by atoms with Gasteiger partial charge in [0.2, 0.25) is 41.4 Å². The number of nitrogens with two attached hydrogens (primary N) is 3. The molecule has 1 aliphatic rings. The van der Waals surface area contributed by atoms with Gasteiger partial charge in [0.05, 0.1) is 18.8 Å². The molecule has 0 spiro atoms. The summed E-state index contributed by atoms with van der Waals surface area (Å²) in [6, 6.07) is 9.83. The van der Waals surface area contributed by atoms with Crippen LogP contribution in [0.1, 0.15) is 89.0 Å². The number of aromatic nitrogens is 3. The summed E-state index contributed by atoms with van der Waals surface area (Å²) in [5.74, 6) is -8.48. The van der Waals surface area contributed by atoms with Gasteiger partial charge in [0.1, 0.15) is 30.0 Å². The number of benzene rings is 2. The van der Waals surface area contributed by atoms with Gasteiger partial charge in [0, 0.05) is 80.1 Å². The molecule has 7 atom stereocenters. The van der Waals surface area contributed by atoms with E-state index in [0.717, 1.165) is 16.5 Å². The van der Waals surface area contributed by atoms with Gasteiger partial charge >= 0.3 is 0 Å². The summed E-state index contributed by atoms with van der Waals surface area (Å²) in [6.07, 6.45) is 4.30. The van der Waals surface area contributed by atoms with Crippen molar-refractivity contribution in [2.24, 2.45) is 39.9 Å². The lowest BCUT2D eigenvalue weighted by atomic mass is 9.80. The zero-order valence-corrected chi connectivity index (χ0v) is 41.5. The highest BCUT2D eigenvalue weighted by Crippen LogP contribution is 2.27. The van der Waals surface area contributed by atoms with E-state index in [0.29, 0.717) is 24.1 Å². The van der Waals surface area contributed by atoms with E-state index in [9.17, 15) is 43.2 Å². The van der Waals surface area contributed by atoms with Crippen LogP contribution >= 0.6 is 0 Å². The Balaban J connectivity index is 1.52. The molecular weight excluding hydrogens is 939 g/mol. The number of Topliss-reactive ketones (excluding diaryl/α,β-unsaturated/α-hetero) is 2. The van der Waals surface area contributed by atoms with Crippen molar-refractivity contribution >= 4 is 69.8 Å². The molecule has 5 rings (SSSR count). The normalized spacial score (nSPS) is 21.8. The zero-order valence-electron chi connectivity index (χ0n) is 41.5. The molecule has 7 amide bonds. The molecule has 14 N–H and O–H groups in total. The molecule has 0 aliphatic carbocycles. The van der Waals surface area contributed by atoms with E-state index in [1.165, 1.54) is 19.4 Å². The molecule has 392 valence electrons. The van der Waals surface area contributed by atoms with Crippen LogP contribution in [0, 0.1) is 17.8 Å². The first-order valence-corrected chi connectivity index (χ1v) is 24.6. The van der Waals surface area contributed by atoms with Crippen molar-refractivity contribution in [3.8, 4) is 0 Å². The van der Waals surface area contributed by atoms with Crippen LogP contribution in [0.25, 0.3) is 10.9 Å². The predicted octanol–water partition coefficient (Wildman–Crippen LogP) is 0.399. The Morgan fingerprint density at radius 1 is 0.795 bits per heavy atom. The number of carbonyl (C=O) groups excluding carboxylic acids is 9. The summed E-state index contributed by atoms with van der Waals surface area (Å²) in [7, 11) is 0. The second-order valence-corrected chi connectivity index (χ2v) is 18.8. The Hall–Kier alpha value is -7.91. The van der Waals surface area contributed by atoms with Crippen molar-refractivity contribution in [3.05, 3.63) is 90.1 Å².